The van der Waals surface area contributed by atoms with Gasteiger partial charge < -0.3 is 0 Å². The summed E-state index contributed by atoms with van der Waals surface area (Å²) in [5.74, 6) is -2.35. The second kappa shape index (κ2) is 12.0. The summed E-state index contributed by atoms with van der Waals surface area (Å²) in [7, 11) is 0. The van der Waals surface area contributed by atoms with Crippen LogP contribution < -0.4 is 0 Å². The van der Waals surface area contributed by atoms with E-state index < -0.39 is 17.7 Å². The van der Waals surface area contributed by atoms with Crippen molar-refractivity contribution in [3.63, 3.8) is 0 Å². The molecule has 1 atom stereocenters. The third-order valence-corrected chi connectivity index (χ3v) is 4.83. The summed E-state index contributed by atoms with van der Waals surface area (Å²) in [6, 6.07) is 14.3. The Bertz CT molecular complexity index is 830. The highest BCUT2D eigenvalue weighted by Crippen LogP contribution is 2.33. The number of rotatable bonds is 11. The highest BCUT2D eigenvalue weighted by atomic mass is 19.1. The zero-order valence-electron chi connectivity index (χ0n) is 17.1. The van der Waals surface area contributed by atoms with Gasteiger partial charge >= 0.3 is 5.97 Å². The third kappa shape index (κ3) is 6.40. The highest BCUT2D eigenvalue weighted by Gasteiger charge is 2.24. The Labute approximate surface area is 172 Å². The van der Waals surface area contributed by atoms with Crippen LogP contribution in [0, 0.1) is 17.1 Å². The van der Waals surface area contributed by atoms with E-state index in [9.17, 15) is 10.1 Å². The summed E-state index contributed by atoms with van der Waals surface area (Å²) >= 11 is 0. The fraction of sp³-hybridized carbons (Fsp3) is 0.417. The van der Waals surface area contributed by atoms with E-state index in [1.807, 2.05) is 30.3 Å². The molecule has 0 heterocycles. The fourth-order valence-corrected chi connectivity index (χ4v) is 3.19. The quantitative estimate of drug-likeness (QED) is 0.244. The molecule has 2 aromatic carbocycles. The number of carbonyl (C=O) groups excluding carboxylic acids is 1. The lowest BCUT2D eigenvalue weighted by Crippen LogP contribution is -2.12. The summed E-state index contributed by atoms with van der Waals surface area (Å²) in [6.45, 7) is 4.05. The molecular weight excluding hydrogens is 369 g/mol. The molecule has 0 saturated carbocycles. The van der Waals surface area contributed by atoms with E-state index in [0.29, 0.717) is 5.56 Å². The zero-order chi connectivity index (χ0) is 21.1. The number of nitriles is 1. The Morgan fingerprint density at radius 2 is 1.76 bits per heavy atom. The van der Waals surface area contributed by atoms with Crippen molar-refractivity contribution >= 4 is 5.97 Å². The first-order valence-electron chi connectivity index (χ1n) is 10.2. The minimum absolute atomic E-state index is 0.184. The molecule has 154 valence electrons. The normalized spacial score (nSPS) is 11.7. The Hall–Kier alpha value is -2.71. The average Bonchev–Trinajstić information content (AvgIpc) is 2.75. The maximum Gasteiger partial charge on any atom is 0.376 e. The van der Waals surface area contributed by atoms with Crippen LogP contribution in [0.4, 0.5) is 4.39 Å². The van der Waals surface area contributed by atoms with E-state index in [1.54, 1.807) is 13.0 Å². The van der Waals surface area contributed by atoms with E-state index in [1.165, 1.54) is 25.3 Å². The molecule has 0 saturated heterocycles. The Morgan fingerprint density at radius 1 is 1.07 bits per heavy atom. The predicted octanol–water partition coefficient (Wildman–Crippen LogP) is 6.57. The minimum atomic E-state index is -0.889. The maximum absolute atomic E-state index is 15.1. The standard InChI is InChI=1S/C24H28FNO3/c1-3-4-5-6-7-11-16-28-29-24(27)21-15-14-20(19-12-9-8-10-13-19)22(23(21)25)18(2)17-26/h8-10,12-15,18H,3-7,11,16H2,1-2H3. The maximum atomic E-state index is 15.1. The molecule has 0 aliphatic rings. The van der Waals surface area contributed by atoms with E-state index in [4.69, 9.17) is 9.78 Å². The van der Waals surface area contributed by atoms with Gasteiger partial charge in [-0.05, 0) is 30.5 Å². The Kier molecular flexibility index (Phi) is 9.33. The van der Waals surface area contributed by atoms with Gasteiger partial charge in [0.1, 0.15) is 5.82 Å². The lowest BCUT2D eigenvalue weighted by Gasteiger charge is -2.15. The van der Waals surface area contributed by atoms with Gasteiger partial charge in [0.2, 0.25) is 0 Å². The number of halogens is 1. The van der Waals surface area contributed by atoms with Crippen LogP contribution in [0.1, 0.15) is 74.2 Å². The minimum Gasteiger partial charge on any atom is -0.293 e. The largest absolute Gasteiger partial charge is 0.376 e. The van der Waals surface area contributed by atoms with E-state index in [0.717, 1.165) is 24.8 Å². The number of unbranched alkanes of at least 4 members (excludes halogenated alkanes) is 5. The summed E-state index contributed by atoms with van der Waals surface area (Å²) in [5, 5.41) is 9.33. The summed E-state index contributed by atoms with van der Waals surface area (Å²) in [6.07, 6.45) is 6.50. The van der Waals surface area contributed by atoms with Gasteiger partial charge in [0.05, 0.1) is 24.2 Å². The van der Waals surface area contributed by atoms with Crippen molar-refractivity contribution < 1.29 is 19.0 Å². The van der Waals surface area contributed by atoms with Crippen LogP contribution >= 0.6 is 0 Å². The first-order chi connectivity index (χ1) is 14.1. The SMILES string of the molecule is CCCCCCCCOOC(=O)c1ccc(-c2ccccc2)c(C(C)C#N)c1F. The van der Waals surface area contributed by atoms with Crippen molar-refractivity contribution in [2.75, 3.05) is 6.61 Å². The molecule has 2 aromatic rings. The number of hydrogen-bond acceptors (Lipinski definition) is 4. The van der Waals surface area contributed by atoms with Gasteiger partial charge in [-0.15, -0.1) is 0 Å². The smallest absolute Gasteiger partial charge is 0.293 e. The molecule has 0 bridgehead atoms. The molecule has 0 aliphatic heterocycles. The number of carbonyl (C=O) groups is 1. The monoisotopic (exact) mass is 397 g/mol. The van der Waals surface area contributed by atoms with Crippen molar-refractivity contribution in [1.29, 1.82) is 5.26 Å². The van der Waals surface area contributed by atoms with Crippen LogP contribution in [0.2, 0.25) is 0 Å². The number of hydrogen-bond donors (Lipinski definition) is 0. The molecule has 0 aliphatic carbocycles. The van der Waals surface area contributed by atoms with Crippen LogP contribution in [-0.2, 0) is 9.78 Å². The van der Waals surface area contributed by atoms with E-state index >= 15 is 4.39 Å². The van der Waals surface area contributed by atoms with Crippen LogP contribution in [0.3, 0.4) is 0 Å². The van der Waals surface area contributed by atoms with Gasteiger partial charge in [-0.25, -0.2) is 9.18 Å². The molecule has 5 heteroatoms. The van der Waals surface area contributed by atoms with Gasteiger partial charge in [-0.1, -0.05) is 75.4 Å². The molecule has 0 N–H and O–H groups in total. The molecular formula is C24H28FNO3. The van der Waals surface area contributed by atoms with Gasteiger partial charge in [-0.2, -0.15) is 10.1 Å². The van der Waals surface area contributed by atoms with Gasteiger partial charge in [0.15, 0.2) is 0 Å². The molecule has 0 radical (unpaired) electrons. The molecule has 2 rings (SSSR count). The molecule has 0 aromatic heterocycles. The van der Waals surface area contributed by atoms with Crippen molar-refractivity contribution in [2.24, 2.45) is 0 Å². The Morgan fingerprint density at radius 3 is 2.45 bits per heavy atom. The summed E-state index contributed by atoms with van der Waals surface area (Å²) < 4.78 is 15.1. The van der Waals surface area contributed by atoms with Crippen LogP contribution in [0.15, 0.2) is 42.5 Å². The van der Waals surface area contributed by atoms with Crippen molar-refractivity contribution in [3.05, 3.63) is 59.4 Å². The summed E-state index contributed by atoms with van der Waals surface area (Å²) in [4.78, 5) is 22.0. The lowest BCUT2D eigenvalue weighted by atomic mass is 9.90. The van der Waals surface area contributed by atoms with Gasteiger partial charge in [-0.3, -0.25) is 4.89 Å². The zero-order valence-corrected chi connectivity index (χ0v) is 17.1. The second-order valence-corrected chi connectivity index (χ2v) is 7.07. The fourth-order valence-electron chi connectivity index (χ4n) is 3.19. The summed E-state index contributed by atoms with van der Waals surface area (Å²) in [5.41, 5.74) is 1.32. The van der Waals surface area contributed by atoms with Crippen LogP contribution in [0.25, 0.3) is 11.1 Å². The highest BCUT2D eigenvalue weighted by molar-refractivity contribution is 5.91. The third-order valence-electron chi connectivity index (χ3n) is 4.83. The van der Waals surface area contributed by atoms with Gasteiger partial charge in [0, 0.05) is 5.56 Å². The molecule has 4 nitrogen and oxygen atoms in total. The molecule has 1 unspecified atom stereocenters. The van der Waals surface area contributed by atoms with Crippen molar-refractivity contribution in [1.82, 2.24) is 0 Å². The van der Waals surface area contributed by atoms with Crippen LogP contribution in [-0.4, -0.2) is 12.6 Å². The van der Waals surface area contributed by atoms with Crippen molar-refractivity contribution in [2.45, 2.75) is 58.3 Å². The van der Waals surface area contributed by atoms with Crippen molar-refractivity contribution in [3.8, 4) is 17.2 Å². The Balaban J connectivity index is 2.06. The predicted molar refractivity (Wildman–Crippen MR) is 111 cm³/mol. The first kappa shape index (κ1) is 22.6. The van der Waals surface area contributed by atoms with Crippen LogP contribution in [0.5, 0.6) is 0 Å². The topological polar surface area (TPSA) is 59.3 Å². The molecule has 29 heavy (non-hydrogen) atoms. The first-order valence-corrected chi connectivity index (χ1v) is 10.2. The lowest BCUT2D eigenvalue weighted by molar-refractivity contribution is -0.241. The number of nitrogens with zero attached hydrogens (tertiary/aromatic N) is 1. The average molecular weight is 397 g/mol. The molecule has 0 amide bonds. The van der Waals surface area contributed by atoms with E-state index in [2.05, 4.69) is 13.0 Å². The van der Waals surface area contributed by atoms with E-state index in [-0.39, 0.29) is 17.7 Å². The number of benzene rings is 2. The molecule has 0 fully saturated rings. The second-order valence-electron chi connectivity index (χ2n) is 7.07. The molecule has 0 spiro atoms. The van der Waals surface area contributed by atoms with Gasteiger partial charge in [0.25, 0.3) is 0 Å².